The minimum atomic E-state index is -1.45. The number of carbonyl (C=O) groups is 4. The molecule has 0 unspecified atom stereocenters. The molecule has 0 radical (unpaired) electrons. The van der Waals surface area contributed by atoms with Gasteiger partial charge in [0.2, 0.25) is 5.78 Å². The van der Waals surface area contributed by atoms with Crippen molar-refractivity contribution in [3.8, 4) is 0 Å². The lowest BCUT2D eigenvalue weighted by Crippen LogP contribution is -2.67. The second kappa shape index (κ2) is 9.25. The van der Waals surface area contributed by atoms with Crippen molar-refractivity contribution in [3.05, 3.63) is 23.5 Å². The number of hydrogen-bond acceptors (Lipinski definition) is 7. The van der Waals surface area contributed by atoms with E-state index < -0.39 is 45.6 Å². The zero-order chi connectivity index (χ0) is 27.6. The highest BCUT2D eigenvalue weighted by Gasteiger charge is 2.75. The molecule has 204 valence electrons. The normalized spacial score (nSPS) is 42.5. The molecule has 3 saturated carbocycles. The number of aliphatic hydroxyl groups is 1. The number of ketones is 2. The van der Waals surface area contributed by atoms with Crippen LogP contribution in [0.2, 0.25) is 0 Å². The minimum absolute atomic E-state index is 0.00581. The Morgan fingerprint density at radius 1 is 1.11 bits per heavy atom. The molecule has 8 atom stereocenters. The second-order valence-corrected chi connectivity index (χ2v) is 12.8. The number of ether oxygens (including phenoxy) is 2. The van der Waals surface area contributed by atoms with Crippen molar-refractivity contribution in [2.75, 3.05) is 6.61 Å². The van der Waals surface area contributed by atoms with Gasteiger partial charge in [0, 0.05) is 30.8 Å². The zero-order valence-electron chi connectivity index (χ0n) is 22.7. The summed E-state index contributed by atoms with van der Waals surface area (Å²) < 4.78 is 11.3. The van der Waals surface area contributed by atoms with E-state index in [1.807, 2.05) is 27.7 Å². The minimum Gasteiger partial charge on any atom is -0.508 e. The van der Waals surface area contributed by atoms with Gasteiger partial charge < -0.3 is 14.6 Å². The monoisotopic (exact) mass is 534 g/mol. The number of hydrogen-bond donors (Lipinski definition) is 1. The molecule has 3 fully saturated rings. The van der Waals surface area contributed by atoms with E-state index in [0.717, 1.165) is 5.57 Å². The third kappa shape index (κ3) is 3.74. The SMILES string of the molecule is CCCC(=O)O[C@]1(C(=O)COC(C)=O)[C@@H](C)C[C@H]2[C@@H]3C[C@H](C)C4=CC(O)=CC(=O)[C@]4(C)[C@@]3(Cl)CC[C@@]21C. The maximum Gasteiger partial charge on any atom is 0.306 e. The molecular formula is C29H39ClO7. The van der Waals surface area contributed by atoms with Crippen LogP contribution >= 0.6 is 11.6 Å². The number of fused-ring (bicyclic) bond motifs is 5. The highest BCUT2D eigenvalue weighted by Crippen LogP contribution is 2.72. The number of alkyl halides is 1. The maximum atomic E-state index is 13.9. The van der Waals surface area contributed by atoms with E-state index in [9.17, 15) is 24.3 Å². The smallest absolute Gasteiger partial charge is 0.306 e. The first kappa shape index (κ1) is 27.9. The van der Waals surface area contributed by atoms with Crippen LogP contribution in [0.4, 0.5) is 0 Å². The van der Waals surface area contributed by atoms with Gasteiger partial charge in [-0.2, -0.15) is 0 Å². The van der Waals surface area contributed by atoms with Crippen LogP contribution in [0.5, 0.6) is 0 Å². The second-order valence-electron chi connectivity index (χ2n) is 12.1. The van der Waals surface area contributed by atoms with Gasteiger partial charge in [-0.25, -0.2) is 0 Å². The largest absolute Gasteiger partial charge is 0.508 e. The third-order valence-corrected chi connectivity index (χ3v) is 11.1. The molecule has 0 saturated heterocycles. The van der Waals surface area contributed by atoms with Crippen LogP contribution in [0.25, 0.3) is 0 Å². The van der Waals surface area contributed by atoms with Crippen molar-refractivity contribution in [2.24, 2.45) is 34.5 Å². The van der Waals surface area contributed by atoms with Gasteiger partial charge in [-0.3, -0.25) is 19.2 Å². The third-order valence-electron chi connectivity index (χ3n) is 10.2. The molecular weight excluding hydrogens is 496 g/mol. The van der Waals surface area contributed by atoms with Crippen molar-refractivity contribution >= 4 is 35.1 Å². The molecule has 8 heteroatoms. The van der Waals surface area contributed by atoms with Crippen molar-refractivity contribution in [1.82, 2.24) is 0 Å². The summed E-state index contributed by atoms with van der Waals surface area (Å²) >= 11 is 7.57. The number of allylic oxidation sites excluding steroid dienone is 3. The number of rotatable bonds is 6. The van der Waals surface area contributed by atoms with E-state index >= 15 is 0 Å². The van der Waals surface area contributed by atoms with Gasteiger partial charge in [0.25, 0.3) is 0 Å². The lowest BCUT2D eigenvalue weighted by atomic mass is 9.44. The quantitative estimate of drug-likeness (QED) is 0.366. The van der Waals surface area contributed by atoms with Gasteiger partial charge in [0.15, 0.2) is 18.0 Å². The highest BCUT2D eigenvalue weighted by molar-refractivity contribution is 6.28. The van der Waals surface area contributed by atoms with Crippen molar-refractivity contribution in [1.29, 1.82) is 0 Å². The highest BCUT2D eigenvalue weighted by atomic mass is 35.5. The van der Waals surface area contributed by atoms with E-state index in [4.69, 9.17) is 21.1 Å². The van der Waals surface area contributed by atoms with E-state index in [1.165, 1.54) is 13.0 Å². The van der Waals surface area contributed by atoms with Crippen LogP contribution in [-0.2, 0) is 28.7 Å². The molecule has 4 rings (SSSR count). The summed E-state index contributed by atoms with van der Waals surface area (Å²) in [5.41, 5.74) is -2.33. The fourth-order valence-corrected chi connectivity index (χ4v) is 9.01. The van der Waals surface area contributed by atoms with Crippen LogP contribution < -0.4 is 0 Å². The van der Waals surface area contributed by atoms with Crippen molar-refractivity contribution in [2.45, 2.75) is 90.5 Å². The molecule has 4 aliphatic carbocycles. The Balaban J connectivity index is 1.81. The Hall–Kier alpha value is -2.15. The van der Waals surface area contributed by atoms with E-state index in [0.29, 0.717) is 32.1 Å². The van der Waals surface area contributed by atoms with Crippen LogP contribution in [0.3, 0.4) is 0 Å². The van der Waals surface area contributed by atoms with Crippen LogP contribution in [0, 0.1) is 34.5 Å². The maximum absolute atomic E-state index is 13.9. The number of halogens is 1. The summed E-state index contributed by atoms with van der Waals surface area (Å²) in [4.78, 5) is 50.9. The molecule has 7 nitrogen and oxygen atoms in total. The number of Topliss-reactive ketones (excluding diaryl/α,β-unsaturated/α-hetero) is 1. The standard InChI is InChI=1S/C29H39ClO7/c1-7-8-25(35)37-29(24(34)15-36-18(4)31)17(3)12-21-22-11-16(2)20-13-19(32)14-23(33)27(20,6)28(22,30)10-9-26(21,29)5/h13-14,16-17,21-22,32H,7-12,15H2,1-6H3/t16-,17-,21-,22-,26-,27+,28+,29-/m0/s1. The number of carbonyl (C=O) groups excluding carboxylic acids is 4. The predicted octanol–water partition coefficient (Wildman–Crippen LogP) is 5.25. The summed E-state index contributed by atoms with van der Waals surface area (Å²) in [6.07, 6.45) is 5.92. The fraction of sp³-hybridized carbons (Fsp3) is 0.724. The summed E-state index contributed by atoms with van der Waals surface area (Å²) in [5.74, 6) is -2.21. The van der Waals surface area contributed by atoms with Gasteiger partial charge >= 0.3 is 11.9 Å². The average molecular weight is 535 g/mol. The average Bonchev–Trinajstić information content (AvgIpc) is 3.03. The Morgan fingerprint density at radius 3 is 2.41 bits per heavy atom. The molecule has 0 heterocycles. The Morgan fingerprint density at radius 2 is 1.78 bits per heavy atom. The number of aliphatic hydroxyl groups excluding tert-OH is 1. The lowest BCUT2D eigenvalue weighted by molar-refractivity contribution is -0.197. The molecule has 0 aromatic rings. The molecule has 0 amide bonds. The molecule has 0 aromatic carbocycles. The summed E-state index contributed by atoms with van der Waals surface area (Å²) in [6, 6.07) is 0. The fourth-order valence-electron chi connectivity index (χ4n) is 8.47. The lowest BCUT2D eigenvalue weighted by Gasteiger charge is -2.63. The Labute approximate surface area is 224 Å². The van der Waals surface area contributed by atoms with Crippen molar-refractivity contribution < 1.29 is 33.8 Å². The molecule has 0 spiro atoms. The Kier molecular flexibility index (Phi) is 6.97. The summed E-state index contributed by atoms with van der Waals surface area (Å²) in [6.45, 7) is 10.5. The van der Waals surface area contributed by atoms with Crippen LogP contribution in [-0.4, -0.2) is 45.7 Å². The molecule has 4 aliphatic rings. The zero-order valence-corrected chi connectivity index (χ0v) is 23.4. The first-order chi connectivity index (χ1) is 17.2. The van der Waals surface area contributed by atoms with E-state index in [-0.39, 0.29) is 41.6 Å². The van der Waals surface area contributed by atoms with E-state index in [2.05, 4.69) is 6.92 Å². The molecule has 0 aliphatic heterocycles. The van der Waals surface area contributed by atoms with Gasteiger partial charge in [-0.1, -0.05) is 27.7 Å². The summed E-state index contributed by atoms with van der Waals surface area (Å²) in [5, 5.41) is 10.2. The first-order valence-corrected chi connectivity index (χ1v) is 13.8. The van der Waals surface area contributed by atoms with Gasteiger partial charge in [-0.15, -0.1) is 11.6 Å². The van der Waals surface area contributed by atoms with Gasteiger partial charge in [-0.05, 0) is 68.4 Å². The molecule has 37 heavy (non-hydrogen) atoms. The van der Waals surface area contributed by atoms with Gasteiger partial charge in [0.05, 0.1) is 10.3 Å². The number of esters is 2. The van der Waals surface area contributed by atoms with Crippen molar-refractivity contribution in [3.63, 3.8) is 0 Å². The summed E-state index contributed by atoms with van der Waals surface area (Å²) in [7, 11) is 0. The molecule has 0 bridgehead atoms. The molecule has 0 aromatic heterocycles. The van der Waals surface area contributed by atoms with E-state index in [1.54, 1.807) is 6.08 Å². The Bertz CT molecular complexity index is 1090. The topological polar surface area (TPSA) is 107 Å². The molecule has 1 N–H and O–H groups in total. The predicted molar refractivity (Wildman–Crippen MR) is 138 cm³/mol. The first-order valence-electron chi connectivity index (χ1n) is 13.4. The van der Waals surface area contributed by atoms with Crippen LogP contribution in [0.1, 0.15) is 80.1 Å². The van der Waals surface area contributed by atoms with Crippen LogP contribution in [0.15, 0.2) is 23.5 Å². The van der Waals surface area contributed by atoms with Gasteiger partial charge in [0.1, 0.15) is 5.76 Å².